The van der Waals surface area contributed by atoms with Crippen LogP contribution in [0.5, 0.6) is 0 Å². The summed E-state index contributed by atoms with van der Waals surface area (Å²) in [6.45, 7) is 8.84. The second kappa shape index (κ2) is 6.59. The number of ether oxygens (including phenoxy) is 1. The molecule has 1 N–H and O–H groups in total. The average molecular weight is 207 g/mol. The zero-order chi connectivity index (χ0) is 11.1. The van der Waals surface area contributed by atoms with Crippen molar-refractivity contribution in [3.05, 3.63) is 35.4 Å². The molecular formula is C13H21NO. The molecule has 2 nitrogen and oxygen atoms in total. The van der Waals surface area contributed by atoms with Gasteiger partial charge >= 0.3 is 0 Å². The van der Waals surface area contributed by atoms with E-state index in [1.165, 1.54) is 11.1 Å². The molecule has 0 amide bonds. The number of benzene rings is 1. The van der Waals surface area contributed by atoms with Crippen molar-refractivity contribution >= 4 is 0 Å². The lowest BCUT2D eigenvalue weighted by atomic mass is 10.0. The summed E-state index contributed by atoms with van der Waals surface area (Å²) in [6.07, 6.45) is 0. The van der Waals surface area contributed by atoms with E-state index in [1.807, 2.05) is 6.92 Å². The summed E-state index contributed by atoms with van der Waals surface area (Å²) in [5.74, 6) is 0. The SMILES string of the molecule is CCOCCN[C@H](C)c1ccccc1C. The molecule has 1 aromatic rings. The van der Waals surface area contributed by atoms with Gasteiger partial charge in [-0.3, -0.25) is 0 Å². The van der Waals surface area contributed by atoms with E-state index >= 15 is 0 Å². The van der Waals surface area contributed by atoms with Gasteiger partial charge in [0, 0.05) is 19.2 Å². The molecular weight excluding hydrogens is 186 g/mol. The lowest BCUT2D eigenvalue weighted by Crippen LogP contribution is -2.23. The molecule has 0 bridgehead atoms. The monoisotopic (exact) mass is 207 g/mol. The summed E-state index contributed by atoms with van der Waals surface area (Å²) in [4.78, 5) is 0. The maximum absolute atomic E-state index is 5.29. The zero-order valence-corrected chi connectivity index (χ0v) is 9.92. The van der Waals surface area contributed by atoms with Gasteiger partial charge in [-0.25, -0.2) is 0 Å². The Morgan fingerprint density at radius 2 is 2.07 bits per heavy atom. The highest BCUT2D eigenvalue weighted by molar-refractivity contribution is 5.28. The van der Waals surface area contributed by atoms with E-state index in [0.29, 0.717) is 6.04 Å². The third-order valence-corrected chi connectivity index (χ3v) is 2.56. The molecule has 2 heteroatoms. The fourth-order valence-corrected chi connectivity index (χ4v) is 1.67. The van der Waals surface area contributed by atoms with Crippen LogP contribution in [0, 0.1) is 6.92 Å². The summed E-state index contributed by atoms with van der Waals surface area (Å²) >= 11 is 0. The number of rotatable bonds is 6. The highest BCUT2D eigenvalue weighted by atomic mass is 16.5. The summed E-state index contributed by atoms with van der Waals surface area (Å²) in [5.41, 5.74) is 2.71. The largest absolute Gasteiger partial charge is 0.380 e. The van der Waals surface area contributed by atoms with Crippen LogP contribution < -0.4 is 5.32 Å². The highest BCUT2D eigenvalue weighted by Gasteiger charge is 2.05. The van der Waals surface area contributed by atoms with Gasteiger partial charge in [-0.15, -0.1) is 0 Å². The fourth-order valence-electron chi connectivity index (χ4n) is 1.67. The third-order valence-electron chi connectivity index (χ3n) is 2.56. The lowest BCUT2D eigenvalue weighted by molar-refractivity contribution is 0.147. The van der Waals surface area contributed by atoms with Crippen LogP contribution in [0.4, 0.5) is 0 Å². The molecule has 0 saturated carbocycles. The molecule has 0 radical (unpaired) electrons. The van der Waals surface area contributed by atoms with Crippen LogP contribution >= 0.6 is 0 Å². The van der Waals surface area contributed by atoms with E-state index in [1.54, 1.807) is 0 Å². The third kappa shape index (κ3) is 4.02. The van der Waals surface area contributed by atoms with Gasteiger partial charge in [0.05, 0.1) is 6.61 Å². The van der Waals surface area contributed by atoms with Crippen molar-refractivity contribution in [1.82, 2.24) is 5.32 Å². The first-order valence-corrected chi connectivity index (χ1v) is 5.62. The van der Waals surface area contributed by atoms with Crippen molar-refractivity contribution in [2.45, 2.75) is 26.8 Å². The standard InChI is InChI=1S/C13H21NO/c1-4-15-10-9-14-12(3)13-8-6-5-7-11(13)2/h5-8,12,14H,4,9-10H2,1-3H3/t12-/m1/s1. The second-order valence-corrected chi connectivity index (χ2v) is 3.73. The summed E-state index contributed by atoms with van der Waals surface area (Å²) in [7, 11) is 0. The molecule has 15 heavy (non-hydrogen) atoms. The van der Waals surface area contributed by atoms with Gasteiger partial charge in [0.2, 0.25) is 0 Å². The van der Waals surface area contributed by atoms with E-state index in [-0.39, 0.29) is 0 Å². The minimum Gasteiger partial charge on any atom is -0.380 e. The van der Waals surface area contributed by atoms with Crippen molar-refractivity contribution in [2.24, 2.45) is 0 Å². The van der Waals surface area contributed by atoms with Gasteiger partial charge in [0.15, 0.2) is 0 Å². The minimum atomic E-state index is 0.395. The summed E-state index contributed by atoms with van der Waals surface area (Å²) < 4.78 is 5.29. The molecule has 1 rings (SSSR count). The Labute approximate surface area is 92.6 Å². The molecule has 1 aromatic carbocycles. The topological polar surface area (TPSA) is 21.3 Å². The quantitative estimate of drug-likeness (QED) is 0.724. The molecule has 0 unspecified atom stereocenters. The number of hydrogen-bond donors (Lipinski definition) is 1. The summed E-state index contributed by atoms with van der Waals surface area (Å²) in [5, 5.41) is 3.45. The van der Waals surface area contributed by atoms with E-state index in [2.05, 4.69) is 43.4 Å². The Balaban J connectivity index is 2.40. The Hall–Kier alpha value is -0.860. The molecule has 0 aliphatic carbocycles. The predicted molar refractivity (Wildman–Crippen MR) is 64.1 cm³/mol. The van der Waals surface area contributed by atoms with Crippen molar-refractivity contribution < 1.29 is 4.74 Å². The smallest absolute Gasteiger partial charge is 0.0590 e. The average Bonchev–Trinajstić information content (AvgIpc) is 2.25. The normalized spacial score (nSPS) is 12.7. The highest BCUT2D eigenvalue weighted by Crippen LogP contribution is 2.15. The number of hydrogen-bond acceptors (Lipinski definition) is 2. The van der Waals surface area contributed by atoms with Gasteiger partial charge < -0.3 is 10.1 Å². The Morgan fingerprint density at radius 1 is 1.33 bits per heavy atom. The fraction of sp³-hybridized carbons (Fsp3) is 0.538. The zero-order valence-electron chi connectivity index (χ0n) is 9.92. The molecule has 0 aliphatic heterocycles. The van der Waals surface area contributed by atoms with Crippen LogP contribution in [0.15, 0.2) is 24.3 Å². The maximum Gasteiger partial charge on any atom is 0.0590 e. The van der Waals surface area contributed by atoms with E-state index in [4.69, 9.17) is 4.74 Å². The van der Waals surface area contributed by atoms with Crippen LogP contribution in [0.25, 0.3) is 0 Å². The molecule has 1 atom stereocenters. The van der Waals surface area contributed by atoms with Crippen molar-refractivity contribution in [1.29, 1.82) is 0 Å². The van der Waals surface area contributed by atoms with Gasteiger partial charge in [-0.05, 0) is 31.9 Å². The summed E-state index contributed by atoms with van der Waals surface area (Å²) in [6, 6.07) is 8.88. The first-order valence-electron chi connectivity index (χ1n) is 5.62. The Morgan fingerprint density at radius 3 is 2.73 bits per heavy atom. The molecule has 0 spiro atoms. The first kappa shape index (κ1) is 12.2. The van der Waals surface area contributed by atoms with Crippen LogP contribution in [0.1, 0.15) is 31.0 Å². The van der Waals surface area contributed by atoms with Crippen LogP contribution in [0.2, 0.25) is 0 Å². The minimum absolute atomic E-state index is 0.395. The van der Waals surface area contributed by atoms with Gasteiger partial charge in [-0.2, -0.15) is 0 Å². The van der Waals surface area contributed by atoms with Crippen LogP contribution in [-0.4, -0.2) is 19.8 Å². The van der Waals surface area contributed by atoms with Crippen molar-refractivity contribution in [3.8, 4) is 0 Å². The predicted octanol–water partition coefficient (Wildman–Crippen LogP) is 2.68. The van der Waals surface area contributed by atoms with Crippen molar-refractivity contribution in [2.75, 3.05) is 19.8 Å². The maximum atomic E-state index is 5.29. The second-order valence-electron chi connectivity index (χ2n) is 3.73. The van der Waals surface area contributed by atoms with Crippen LogP contribution in [-0.2, 0) is 4.74 Å². The lowest BCUT2D eigenvalue weighted by Gasteiger charge is -2.16. The van der Waals surface area contributed by atoms with Gasteiger partial charge in [0.25, 0.3) is 0 Å². The first-order chi connectivity index (χ1) is 7.25. The Kier molecular flexibility index (Phi) is 5.37. The Bertz CT molecular complexity index is 286. The molecule has 0 heterocycles. The van der Waals surface area contributed by atoms with Crippen LogP contribution in [0.3, 0.4) is 0 Å². The molecule has 0 aromatic heterocycles. The molecule has 0 fully saturated rings. The molecule has 0 aliphatic rings. The van der Waals surface area contributed by atoms with E-state index in [9.17, 15) is 0 Å². The van der Waals surface area contributed by atoms with Crippen molar-refractivity contribution in [3.63, 3.8) is 0 Å². The molecule has 84 valence electrons. The number of nitrogens with one attached hydrogen (secondary N) is 1. The van der Waals surface area contributed by atoms with E-state index < -0.39 is 0 Å². The molecule has 0 saturated heterocycles. The number of aryl methyl sites for hydroxylation is 1. The van der Waals surface area contributed by atoms with Gasteiger partial charge in [-0.1, -0.05) is 24.3 Å². The van der Waals surface area contributed by atoms with E-state index in [0.717, 1.165) is 19.8 Å². The van der Waals surface area contributed by atoms with Gasteiger partial charge in [0.1, 0.15) is 0 Å².